The molecular weight excluding hydrogens is 298 g/mol. The second-order valence-electron chi connectivity index (χ2n) is 6.86. The molecule has 1 aromatic rings. The topological polar surface area (TPSA) is 55.4 Å². The first-order valence-corrected chi connectivity index (χ1v) is 8.71. The molecule has 5 heteroatoms. The van der Waals surface area contributed by atoms with Gasteiger partial charge in [0.05, 0.1) is 12.2 Å². The van der Waals surface area contributed by atoms with Crippen LogP contribution in [0.3, 0.4) is 0 Å². The van der Waals surface area contributed by atoms with Crippen LogP contribution in [0.25, 0.3) is 0 Å². The third-order valence-corrected chi connectivity index (χ3v) is 5.12. The van der Waals surface area contributed by atoms with Crippen molar-refractivity contribution in [3.8, 4) is 0 Å². The third-order valence-electron chi connectivity index (χ3n) is 3.94. The highest BCUT2D eigenvalue weighted by molar-refractivity contribution is 7.17. The van der Waals surface area contributed by atoms with E-state index in [0.717, 1.165) is 24.8 Å². The predicted octanol–water partition coefficient (Wildman–Crippen LogP) is 4.35. The van der Waals surface area contributed by atoms with Crippen molar-refractivity contribution in [2.24, 2.45) is 5.41 Å². The first kappa shape index (κ1) is 17.0. The summed E-state index contributed by atoms with van der Waals surface area (Å²) in [5.41, 5.74) is 1.16. The lowest BCUT2D eigenvalue weighted by Crippen LogP contribution is -2.28. The number of aryl methyl sites for hydroxylation is 1. The molecule has 22 heavy (non-hydrogen) atoms. The van der Waals surface area contributed by atoms with Crippen LogP contribution in [0.15, 0.2) is 0 Å². The molecule has 1 atom stereocenters. The van der Waals surface area contributed by atoms with Crippen LogP contribution >= 0.6 is 11.3 Å². The number of amides is 1. The molecule has 0 fully saturated rings. The minimum absolute atomic E-state index is 0.0794. The fourth-order valence-corrected chi connectivity index (χ4v) is 4.04. The van der Waals surface area contributed by atoms with Gasteiger partial charge in [0.15, 0.2) is 0 Å². The van der Waals surface area contributed by atoms with Crippen LogP contribution in [0, 0.1) is 5.41 Å². The Morgan fingerprint density at radius 3 is 2.64 bits per heavy atom. The number of anilines is 1. The fourth-order valence-electron chi connectivity index (χ4n) is 2.70. The molecule has 1 heterocycles. The number of fused-ring (bicyclic) bond motifs is 1. The molecule has 1 amide bonds. The van der Waals surface area contributed by atoms with Crippen molar-refractivity contribution in [2.75, 3.05) is 11.9 Å². The van der Waals surface area contributed by atoms with Crippen molar-refractivity contribution in [1.29, 1.82) is 0 Å². The zero-order valence-electron chi connectivity index (χ0n) is 14.0. The Hall–Kier alpha value is -1.36. The highest BCUT2D eigenvalue weighted by Gasteiger charge is 2.32. The van der Waals surface area contributed by atoms with E-state index in [9.17, 15) is 9.59 Å². The molecule has 0 spiro atoms. The molecule has 0 aliphatic heterocycles. The monoisotopic (exact) mass is 323 g/mol. The number of ether oxygens (including phenoxy) is 1. The number of esters is 1. The van der Waals surface area contributed by atoms with Gasteiger partial charge >= 0.3 is 5.97 Å². The van der Waals surface area contributed by atoms with Gasteiger partial charge in [-0.25, -0.2) is 4.79 Å². The molecule has 0 aromatic carbocycles. The number of thiophene rings is 1. The average Bonchev–Trinajstić information content (AvgIpc) is 2.77. The van der Waals surface area contributed by atoms with Crippen LogP contribution in [0.2, 0.25) is 0 Å². The molecule has 0 saturated carbocycles. The Morgan fingerprint density at radius 2 is 2.05 bits per heavy atom. The van der Waals surface area contributed by atoms with E-state index in [2.05, 4.69) is 12.2 Å². The smallest absolute Gasteiger partial charge is 0.341 e. The highest BCUT2D eigenvalue weighted by atomic mass is 32.1. The van der Waals surface area contributed by atoms with E-state index in [-0.39, 0.29) is 11.9 Å². The van der Waals surface area contributed by atoms with Crippen LogP contribution in [0.5, 0.6) is 0 Å². The summed E-state index contributed by atoms with van der Waals surface area (Å²) in [7, 11) is 0. The van der Waals surface area contributed by atoms with Crippen LogP contribution in [-0.4, -0.2) is 18.5 Å². The number of carbonyl (C=O) groups is 2. The first-order valence-electron chi connectivity index (χ1n) is 7.89. The lowest BCUT2D eigenvalue weighted by Gasteiger charge is -2.20. The second kappa shape index (κ2) is 6.41. The van der Waals surface area contributed by atoms with Crippen molar-refractivity contribution in [1.82, 2.24) is 0 Å². The first-order chi connectivity index (χ1) is 10.3. The number of nitrogens with one attached hydrogen (secondary N) is 1. The fraction of sp³-hybridized carbons (Fsp3) is 0.647. The molecule has 2 rings (SSSR count). The van der Waals surface area contributed by atoms with Crippen LogP contribution < -0.4 is 5.32 Å². The van der Waals surface area contributed by atoms with E-state index in [1.54, 1.807) is 6.92 Å². The maximum absolute atomic E-state index is 12.4. The predicted molar refractivity (Wildman–Crippen MR) is 89.7 cm³/mol. The van der Waals surface area contributed by atoms with Crippen LogP contribution in [0.1, 0.15) is 74.2 Å². The Balaban J connectivity index is 2.45. The Morgan fingerprint density at radius 1 is 1.36 bits per heavy atom. The van der Waals surface area contributed by atoms with E-state index in [1.807, 2.05) is 20.8 Å². The molecule has 4 nitrogen and oxygen atoms in total. The van der Waals surface area contributed by atoms with Crippen molar-refractivity contribution in [2.45, 2.75) is 59.8 Å². The number of hydrogen-bond acceptors (Lipinski definition) is 4. The maximum atomic E-state index is 12.4. The molecule has 1 N–H and O–H groups in total. The summed E-state index contributed by atoms with van der Waals surface area (Å²) in [6, 6.07) is 0. The van der Waals surface area contributed by atoms with Crippen LogP contribution in [0.4, 0.5) is 5.00 Å². The Labute approximate surface area is 136 Å². The summed E-state index contributed by atoms with van der Waals surface area (Å²) in [5, 5.41) is 3.60. The number of carbonyl (C=O) groups excluding carboxylic acids is 2. The van der Waals surface area contributed by atoms with E-state index in [4.69, 9.17) is 4.74 Å². The van der Waals surface area contributed by atoms with Gasteiger partial charge in [-0.2, -0.15) is 0 Å². The Bertz CT molecular complexity index is 583. The quantitative estimate of drug-likeness (QED) is 0.841. The van der Waals surface area contributed by atoms with Gasteiger partial charge in [0.2, 0.25) is 5.91 Å². The minimum atomic E-state index is -0.498. The van der Waals surface area contributed by atoms with Gasteiger partial charge in [-0.15, -0.1) is 11.3 Å². The molecule has 1 aliphatic rings. The SMILES string of the molecule is CCOC(=O)c1c(NC(=O)C(C)(C)C)sc2c1C(C)CCC2. The summed E-state index contributed by atoms with van der Waals surface area (Å²) < 4.78 is 5.22. The van der Waals surface area contributed by atoms with E-state index >= 15 is 0 Å². The van der Waals surface area contributed by atoms with Gasteiger partial charge in [0.1, 0.15) is 5.00 Å². The van der Waals surface area contributed by atoms with E-state index in [1.165, 1.54) is 16.2 Å². The van der Waals surface area contributed by atoms with Gasteiger partial charge in [-0.1, -0.05) is 27.7 Å². The van der Waals surface area contributed by atoms with Crippen molar-refractivity contribution in [3.63, 3.8) is 0 Å². The highest BCUT2D eigenvalue weighted by Crippen LogP contribution is 2.44. The molecule has 1 aliphatic carbocycles. The van der Waals surface area contributed by atoms with E-state index in [0.29, 0.717) is 23.1 Å². The van der Waals surface area contributed by atoms with Crippen molar-refractivity contribution >= 4 is 28.2 Å². The van der Waals surface area contributed by atoms with Gasteiger partial charge in [-0.05, 0) is 37.7 Å². The van der Waals surface area contributed by atoms with Crippen molar-refractivity contribution < 1.29 is 14.3 Å². The summed E-state index contributed by atoms with van der Waals surface area (Å²) in [6.45, 7) is 9.87. The summed E-state index contributed by atoms with van der Waals surface area (Å²) in [4.78, 5) is 25.9. The second-order valence-corrected chi connectivity index (χ2v) is 7.97. The van der Waals surface area contributed by atoms with Gasteiger partial charge in [0.25, 0.3) is 0 Å². The van der Waals surface area contributed by atoms with E-state index < -0.39 is 5.41 Å². The molecule has 122 valence electrons. The molecule has 1 unspecified atom stereocenters. The standard InChI is InChI=1S/C17H25NO3S/c1-6-21-15(19)13-12-10(2)8-7-9-11(12)22-14(13)18-16(20)17(3,4)5/h10H,6-9H2,1-5H3,(H,18,20). The number of hydrogen-bond donors (Lipinski definition) is 1. The molecule has 1 aromatic heterocycles. The lowest BCUT2D eigenvalue weighted by molar-refractivity contribution is -0.123. The number of rotatable bonds is 3. The normalized spacial score (nSPS) is 17.8. The van der Waals surface area contributed by atoms with Crippen molar-refractivity contribution in [3.05, 3.63) is 16.0 Å². The van der Waals surface area contributed by atoms with Gasteiger partial charge in [-0.3, -0.25) is 4.79 Å². The summed E-state index contributed by atoms with van der Waals surface area (Å²) in [6.07, 6.45) is 3.18. The largest absolute Gasteiger partial charge is 0.462 e. The maximum Gasteiger partial charge on any atom is 0.341 e. The molecule has 0 radical (unpaired) electrons. The summed E-state index contributed by atoms with van der Waals surface area (Å²) >= 11 is 1.53. The zero-order valence-corrected chi connectivity index (χ0v) is 14.9. The average molecular weight is 323 g/mol. The molecular formula is C17H25NO3S. The van der Waals surface area contributed by atoms with Gasteiger partial charge < -0.3 is 10.1 Å². The molecule has 0 bridgehead atoms. The van der Waals surface area contributed by atoms with Gasteiger partial charge in [0, 0.05) is 10.3 Å². The third kappa shape index (κ3) is 3.35. The van der Waals surface area contributed by atoms with Crippen LogP contribution in [-0.2, 0) is 16.0 Å². The molecule has 0 saturated heterocycles. The zero-order chi connectivity index (χ0) is 16.5. The Kier molecular flexibility index (Phi) is 4.95. The summed E-state index contributed by atoms with van der Waals surface area (Å²) in [5.74, 6) is -0.0676. The minimum Gasteiger partial charge on any atom is -0.462 e. The lowest BCUT2D eigenvalue weighted by atomic mass is 9.86.